The smallest absolute Gasteiger partial charge is 0.123 e. The number of rotatable bonds is 3. The first kappa shape index (κ1) is 15.7. The van der Waals surface area contributed by atoms with Crippen LogP contribution in [0.2, 0.25) is 0 Å². The third kappa shape index (κ3) is 3.63. The maximum absolute atomic E-state index is 12.9. The van der Waals surface area contributed by atoms with E-state index >= 15 is 0 Å². The van der Waals surface area contributed by atoms with Crippen molar-refractivity contribution in [3.05, 3.63) is 24.2 Å². The molecule has 3 nitrogen and oxygen atoms in total. The van der Waals surface area contributed by atoms with E-state index in [9.17, 15) is 4.39 Å². The predicted molar refractivity (Wildman–Crippen MR) is 66.4 cm³/mol. The molecule has 0 radical (unpaired) electrons. The van der Waals surface area contributed by atoms with E-state index in [1.165, 1.54) is 0 Å². The van der Waals surface area contributed by atoms with Crippen molar-refractivity contribution in [2.45, 2.75) is 6.04 Å². The van der Waals surface area contributed by atoms with Crippen LogP contribution in [0.1, 0.15) is 11.8 Å². The molecule has 0 saturated carbocycles. The Kier molecular flexibility index (Phi) is 7.76. The second kappa shape index (κ2) is 7.90. The molecule has 1 atom stereocenters. The number of alkyl halides is 1. The highest BCUT2D eigenvalue weighted by molar-refractivity contribution is 5.85. The molecule has 0 unspecified atom stereocenters. The van der Waals surface area contributed by atoms with E-state index in [4.69, 9.17) is 4.42 Å². The van der Waals surface area contributed by atoms with E-state index in [-0.39, 0.29) is 37.5 Å². The first-order chi connectivity index (χ1) is 6.92. The zero-order valence-corrected chi connectivity index (χ0v) is 10.5. The van der Waals surface area contributed by atoms with Gasteiger partial charge in [0.05, 0.1) is 12.3 Å². The fourth-order valence-electron chi connectivity index (χ4n) is 1.83. The molecule has 2 heterocycles. The maximum atomic E-state index is 12.9. The fourth-order valence-corrected chi connectivity index (χ4v) is 1.83. The molecular formula is C10H17Cl2FN2O. The number of piperazine rings is 1. The van der Waals surface area contributed by atoms with Gasteiger partial charge in [-0.2, -0.15) is 0 Å². The molecule has 0 amide bonds. The second-order valence-electron chi connectivity index (χ2n) is 3.47. The number of halogens is 3. The lowest BCUT2D eigenvalue weighted by Gasteiger charge is -2.32. The van der Waals surface area contributed by atoms with Gasteiger partial charge >= 0.3 is 0 Å². The Hall–Kier alpha value is -0.290. The predicted octanol–water partition coefficient (Wildman–Crippen LogP) is 2.04. The number of hydrogen-bond donors (Lipinski definition) is 1. The Morgan fingerprint density at radius 2 is 2.06 bits per heavy atom. The van der Waals surface area contributed by atoms with Crippen molar-refractivity contribution in [2.24, 2.45) is 0 Å². The highest BCUT2D eigenvalue weighted by atomic mass is 35.5. The van der Waals surface area contributed by atoms with Crippen LogP contribution in [0.15, 0.2) is 22.8 Å². The fraction of sp³-hybridized carbons (Fsp3) is 0.600. The highest BCUT2D eigenvalue weighted by Crippen LogP contribution is 2.21. The Balaban J connectivity index is 0.00000112. The molecule has 1 aliphatic rings. The average molecular weight is 271 g/mol. The van der Waals surface area contributed by atoms with Crippen molar-refractivity contribution >= 4 is 24.8 Å². The zero-order chi connectivity index (χ0) is 9.80. The molecule has 1 fully saturated rings. The van der Waals surface area contributed by atoms with Gasteiger partial charge in [-0.15, -0.1) is 24.8 Å². The molecule has 1 aliphatic heterocycles. The molecule has 94 valence electrons. The molecule has 6 heteroatoms. The largest absolute Gasteiger partial charge is 0.468 e. The van der Waals surface area contributed by atoms with Crippen molar-refractivity contribution in [2.75, 3.05) is 32.9 Å². The minimum atomic E-state index is -0.381. The van der Waals surface area contributed by atoms with Crippen LogP contribution in [0.5, 0.6) is 0 Å². The minimum Gasteiger partial charge on any atom is -0.468 e. The quantitative estimate of drug-likeness (QED) is 0.912. The molecule has 2 rings (SSSR count). The summed E-state index contributed by atoms with van der Waals surface area (Å²) >= 11 is 0. The van der Waals surface area contributed by atoms with Gasteiger partial charge in [0.1, 0.15) is 12.4 Å². The second-order valence-corrected chi connectivity index (χ2v) is 3.47. The molecule has 16 heavy (non-hydrogen) atoms. The zero-order valence-electron chi connectivity index (χ0n) is 8.89. The molecule has 1 N–H and O–H groups in total. The molecule has 1 saturated heterocycles. The van der Waals surface area contributed by atoms with E-state index < -0.39 is 0 Å². The summed E-state index contributed by atoms with van der Waals surface area (Å²) in [6.07, 6.45) is 1.60. The highest BCUT2D eigenvalue weighted by Gasteiger charge is 2.23. The van der Waals surface area contributed by atoms with Crippen LogP contribution < -0.4 is 5.32 Å². The lowest BCUT2D eigenvalue weighted by atomic mass is 10.2. The van der Waals surface area contributed by atoms with E-state index in [1.54, 1.807) is 12.3 Å². The van der Waals surface area contributed by atoms with Crippen molar-refractivity contribution in [3.8, 4) is 0 Å². The Morgan fingerprint density at radius 1 is 1.38 bits per heavy atom. The number of furan rings is 1. The van der Waals surface area contributed by atoms with Crippen molar-refractivity contribution in [1.82, 2.24) is 10.2 Å². The van der Waals surface area contributed by atoms with Gasteiger partial charge in [-0.3, -0.25) is 4.90 Å². The lowest BCUT2D eigenvalue weighted by Crippen LogP contribution is -2.45. The molecule has 0 bridgehead atoms. The summed E-state index contributed by atoms with van der Waals surface area (Å²) in [5.41, 5.74) is 0. The monoisotopic (exact) mass is 270 g/mol. The standard InChI is InChI=1S/C10H15FN2O.2ClH/c11-8-9(10-2-1-7-14-10)13-5-3-12-4-6-13;;/h1-2,7,9,12H,3-6,8H2;2*1H/t9-;;/m1../s1. The first-order valence-electron chi connectivity index (χ1n) is 4.96. The van der Waals surface area contributed by atoms with E-state index in [0.717, 1.165) is 31.9 Å². The molecular weight excluding hydrogens is 254 g/mol. The van der Waals surface area contributed by atoms with E-state index in [1.807, 2.05) is 6.07 Å². The molecule has 0 aliphatic carbocycles. The Morgan fingerprint density at radius 3 is 2.56 bits per heavy atom. The summed E-state index contributed by atoms with van der Waals surface area (Å²) in [5.74, 6) is 0.731. The van der Waals surface area contributed by atoms with Gasteiger partial charge < -0.3 is 9.73 Å². The SMILES string of the molecule is Cl.Cl.FC[C@H](c1ccco1)N1CCNCC1. The van der Waals surface area contributed by atoms with Gasteiger partial charge in [0.2, 0.25) is 0 Å². The first-order valence-corrected chi connectivity index (χ1v) is 4.96. The van der Waals surface area contributed by atoms with E-state index in [0.29, 0.717) is 0 Å². The van der Waals surface area contributed by atoms with Gasteiger partial charge in [0, 0.05) is 26.2 Å². The summed E-state index contributed by atoms with van der Waals surface area (Å²) in [6.45, 7) is 3.24. The van der Waals surface area contributed by atoms with Crippen LogP contribution in [0.3, 0.4) is 0 Å². The van der Waals surface area contributed by atoms with Gasteiger partial charge in [-0.25, -0.2) is 4.39 Å². The van der Waals surface area contributed by atoms with Crippen LogP contribution in [-0.2, 0) is 0 Å². The van der Waals surface area contributed by atoms with Crippen molar-refractivity contribution in [1.29, 1.82) is 0 Å². The van der Waals surface area contributed by atoms with Gasteiger partial charge in [0.25, 0.3) is 0 Å². The lowest BCUT2D eigenvalue weighted by molar-refractivity contribution is 0.130. The third-order valence-corrected chi connectivity index (χ3v) is 2.61. The van der Waals surface area contributed by atoms with Crippen molar-refractivity contribution in [3.63, 3.8) is 0 Å². The molecule has 0 aromatic carbocycles. The van der Waals surface area contributed by atoms with Gasteiger partial charge in [-0.1, -0.05) is 0 Å². The number of hydrogen-bond acceptors (Lipinski definition) is 3. The van der Waals surface area contributed by atoms with Crippen LogP contribution in [-0.4, -0.2) is 37.8 Å². The molecule has 1 aromatic rings. The van der Waals surface area contributed by atoms with Gasteiger partial charge in [-0.05, 0) is 12.1 Å². The summed E-state index contributed by atoms with van der Waals surface area (Å²) in [7, 11) is 0. The number of nitrogens with zero attached hydrogens (tertiary/aromatic N) is 1. The van der Waals surface area contributed by atoms with Crippen molar-refractivity contribution < 1.29 is 8.81 Å². The minimum absolute atomic E-state index is 0. The summed E-state index contributed by atoms with van der Waals surface area (Å²) in [4.78, 5) is 2.12. The normalized spacial score (nSPS) is 18.3. The summed E-state index contributed by atoms with van der Waals surface area (Å²) in [6, 6.07) is 3.44. The van der Waals surface area contributed by atoms with Crippen LogP contribution in [0.25, 0.3) is 0 Å². The Labute approximate surface area is 107 Å². The van der Waals surface area contributed by atoms with Crippen LogP contribution >= 0.6 is 24.8 Å². The van der Waals surface area contributed by atoms with Crippen LogP contribution in [0, 0.1) is 0 Å². The van der Waals surface area contributed by atoms with Gasteiger partial charge in [0.15, 0.2) is 0 Å². The third-order valence-electron chi connectivity index (χ3n) is 2.61. The topological polar surface area (TPSA) is 28.4 Å². The average Bonchev–Trinajstić information content (AvgIpc) is 2.74. The molecule has 0 spiro atoms. The number of nitrogens with one attached hydrogen (secondary N) is 1. The summed E-state index contributed by atoms with van der Waals surface area (Å²) < 4.78 is 18.1. The Bertz CT molecular complexity index is 266. The van der Waals surface area contributed by atoms with Crippen LogP contribution in [0.4, 0.5) is 4.39 Å². The molecule has 1 aromatic heterocycles. The summed E-state index contributed by atoms with van der Waals surface area (Å²) in [5, 5.41) is 3.24. The van der Waals surface area contributed by atoms with E-state index in [2.05, 4.69) is 10.2 Å². The maximum Gasteiger partial charge on any atom is 0.123 e.